The standard InChI is InChI=1S/C11H20N5O14P3.Na/c1-15-3-16(8-5(15)9(19)14-11(12)13-8)10-7(18)6(17)4(28-10)2-27-32(23,24)30-33(25,26)29-31(20,21)22;/h3-4,6-7,9-10,17-18H,2H2,1H3,(H,23,24)(H,25,26)(H3,12,13,14)(H2,20,21,22);/q;+1/p-1. The predicted octanol–water partition coefficient (Wildman–Crippen LogP) is -7.25. The number of rotatable bonds is 8. The van der Waals surface area contributed by atoms with Gasteiger partial charge < -0.3 is 45.4 Å². The van der Waals surface area contributed by atoms with E-state index in [1.165, 1.54) is 22.5 Å². The molecule has 188 valence electrons. The molecule has 0 aromatic carbocycles. The van der Waals surface area contributed by atoms with Crippen molar-refractivity contribution < 1.29 is 101 Å². The summed E-state index contributed by atoms with van der Waals surface area (Å²) in [6.07, 6.45) is -6.52. The zero-order valence-electron chi connectivity index (χ0n) is 17.3. The number of phosphoric ester groups is 1. The van der Waals surface area contributed by atoms with Gasteiger partial charge in [-0.1, -0.05) is 0 Å². The third-order valence-electron chi connectivity index (χ3n) is 4.34. The first-order valence-corrected chi connectivity index (χ1v) is 13.1. The number of aliphatic imine (C=N–C) groups is 1. The van der Waals surface area contributed by atoms with Crippen LogP contribution in [0.15, 0.2) is 11.3 Å². The van der Waals surface area contributed by atoms with Gasteiger partial charge in [0.15, 0.2) is 12.0 Å². The van der Waals surface area contributed by atoms with Crippen molar-refractivity contribution in [2.45, 2.75) is 30.8 Å². The minimum Gasteiger partial charge on any atom is -0.829 e. The first kappa shape index (κ1) is 30.0. The van der Waals surface area contributed by atoms with Crippen molar-refractivity contribution in [3.63, 3.8) is 0 Å². The number of phosphoric acid groups is 3. The molecule has 1 aromatic heterocycles. The molecule has 0 amide bonds. The van der Waals surface area contributed by atoms with Crippen LogP contribution in [0.25, 0.3) is 0 Å². The summed E-state index contributed by atoms with van der Waals surface area (Å²) in [5, 5.41) is 35.4. The topological polar surface area (TPSA) is 295 Å². The van der Waals surface area contributed by atoms with E-state index >= 15 is 0 Å². The van der Waals surface area contributed by atoms with Gasteiger partial charge in [-0.15, -0.1) is 0 Å². The third-order valence-corrected chi connectivity index (χ3v) is 8.12. The van der Waals surface area contributed by atoms with Gasteiger partial charge >= 0.3 is 45.2 Å². The second kappa shape index (κ2) is 10.6. The number of aliphatic hydroxyl groups is 2. The predicted molar refractivity (Wildman–Crippen MR) is 97.1 cm³/mol. The van der Waals surface area contributed by atoms with Gasteiger partial charge in [0.25, 0.3) is 19.6 Å². The van der Waals surface area contributed by atoms with Crippen LogP contribution in [0.4, 0.5) is 5.82 Å². The summed E-state index contributed by atoms with van der Waals surface area (Å²) in [4.78, 5) is 41.1. The van der Waals surface area contributed by atoms with Crippen LogP contribution < -0.4 is 55.2 Å². The first-order chi connectivity index (χ1) is 15.0. The number of nitrogens with one attached hydrogen (secondary N) is 1. The Morgan fingerprint density at radius 2 is 1.85 bits per heavy atom. The Kier molecular flexibility index (Phi) is 9.35. The Morgan fingerprint density at radius 3 is 2.44 bits per heavy atom. The smallest absolute Gasteiger partial charge is 0.829 e. The SMILES string of the molecule is Cn1c[n+](C2OC(COP(=O)(O)OP(=O)(O)OP(=O)([O-])O)C(O)C2O)c2c1C([O-])N=C(N)N2.[Na+]. The number of aliphatic hydroxyl groups excluding tert-OH is 2. The monoisotopic (exact) mass is 561 g/mol. The molecule has 0 saturated carbocycles. The number of aryl methyl sites for hydroxylation is 1. The molecule has 34 heavy (non-hydrogen) atoms. The normalized spacial score (nSPS) is 31.8. The average Bonchev–Trinajstić information content (AvgIpc) is 3.07. The molecule has 0 aliphatic carbocycles. The minimum absolute atomic E-state index is 0. The van der Waals surface area contributed by atoms with Crippen LogP contribution in [0.1, 0.15) is 18.1 Å². The quantitative estimate of drug-likeness (QED) is 0.0881. The molecule has 0 spiro atoms. The number of hydrogen-bond acceptors (Lipinski definition) is 14. The Morgan fingerprint density at radius 1 is 1.24 bits per heavy atom. The molecule has 8 atom stereocenters. The molecule has 23 heteroatoms. The van der Waals surface area contributed by atoms with Gasteiger partial charge in [0.2, 0.25) is 6.23 Å². The number of guanidine groups is 1. The fourth-order valence-electron chi connectivity index (χ4n) is 3.12. The van der Waals surface area contributed by atoms with E-state index in [0.717, 1.165) is 0 Å². The van der Waals surface area contributed by atoms with Crippen LogP contribution in [0.2, 0.25) is 0 Å². The van der Waals surface area contributed by atoms with Gasteiger partial charge in [0.05, 0.1) is 13.7 Å². The molecule has 3 rings (SSSR count). The number of anilines is 1. The van der Waals surface area contributed by atoms with E-state index in [9.17, 15) is 38.8 Å². The summed E-state index contributed by atoms with van der Waals surface area (Å²) in [6, 6.07) is 0. The molecule has 2 aliphatic heterocycles. The third kappa shape index (κ3) is 6.94. The summed E-state index contributed by atoms with van der Waals surface area (Å²) in [5.41, 5.74) is 5.68. The molecular formula is C11H19N5NaO14P3. The number of nitrogens with two attached hydrogens (primary N) is 1. The van der Waals surface area contributed by atoms with Crippen molar-refractivity contribution in [1.29, 1.82) is 0 Å². The van der Waals surface area contributed by atoms with Crippen LogP contribution in [-0.2, 0) is 38.6 Å². The van der Waals surface area contributed by atoms with Gasteiger partial charge in [0, 0.05) is 6.23 Å². The van der Waals surface area contributed by atoms with Crippen LogP contribution in [0.5, 0.6) is 0 Å². The van der Waals surface area contributed by atoms with E-state index in [1.54, 1.807) is 0 Å². The molecule has 1 fully saturated rings. The molecule has 1 saturated heterocycles. The summed E-state index contributed by atoms with van der Waals surface area (Å²) in [6.45, 7) is -1.01. The van der Waals surface area contributed by atoms with Gasteiger partial charge in [-0.05, 0) is 0 Å². The maximum atomic E-state index is 12.2. The van der Waals surface area contributed by atoms with Crippen molar-refractivity contribution in [2.24, 2.45) is 17.8 Å². The zero-order chi connectivity index (χ0) is 24.9. The van der Waals surface area contributed by atoms with Crippen molar-refractivity contribution in [1.82, 2.24) is 4.57 Å². The number of imidazole rings is 1. The zero-order valence-corrected chi connectivity index (χ0v) is 22.0. The summed E-state index contributed by atoms with van der Waals surface area (Å²) >= 11 is 0. The fraction of sp³-hybridized carbons (Fsp3) is 0.636. The fourth-order valence-corrected chi connectivity index (χ4v) is 6.12. The van der Waals surface area contributed by atoms with Crippen LogP contribution in [0, 0.1) is 0 Å². The Labute approximate surface area is 212 Å². The largest absolute Gasteiger partial charge is 1.00 e. The molecule has 8 unspecified atom stereocenters. The van der Waals surface area contributed by atoms with Crippen LogP contribution in [0.3, 0.4) is 0 Å². The van der Waals surface area contributed by atoms with Crippen LogP contribution in [-0.4, -0.2) is 60.3 Å². The number of ether oxygens (including phenoxy) is 1. The molecule has 3 heterocycles. The van der Waals surface area contributed by atoms with E-state index < -0.39 is 60.8 Å². The molecule has 8 N–H and O–H groups in total. The Bertz CT molecular complexity index is 1090. The van der Waals surface area contributed by atoms with Crippen LogP contribution >= 0.6 is 23.5 Å². The summed E-state index contributed by atoms with van der Waals surface area (Å²) in [7, 11) is -15.6. The van der Waals surface area contributed by atoms with Crippen molar-refractivity contribution in [2.75, 3.05) is 11.9 Å². The minimum atomic E-state index is -5.81. The van der Waals surface area contributed by atoms with E-state index in [2.05, 4.69) is 23.5 Å². The number of fused-ring (bicyclic) bond motifs is 1. The maximum Gasteiger partial charge on any atom is 1.00 e. The number of aromatic nitrogens is 2. The molecule has 0 radical (unpaired) electrons. The summed E-state index contributed by atoms with van der Waals surface area (Å²) in [5.74, 6) is -0.113. The maximum absolute atomic E-state index is 12.2. The van der Waals surface area contributed by atoms with Gasteiger partial charge in [-0.3, -0.25) is 13.7 Å². The van der Waals surface area contributed by atoms with E-state index in [-0.39, 0.29) is 47.0 Å². The van der Waals surface area contributed by atoms with E-state index in [1.807, 2.05) is 0 Å². The van der Waals surface area contributed by atoms with E-state index in [0.29, 0.717) is 0 Å². The number of hydrogen-bond donors (Lipinski definition) is 7. The molecule has 19 nitrogen and oxygen atoms in total. The van der Waals surface area contributed by atoms with Gasteiger partial charge in [0.1, 0.15) is 18.3 Å². The number of nitrogens with zero attached hydrogens (tertiary/aromatic N) is 3. The van der Waals surface area contributed by atoms with Crippen molar-refractivity contribution in [3.8, 4) is 0 Å². The van der Waals surface area contributed by atoms with Gasteiger partial charge in [-0.2, -0.15) is 4.31 Å². The van der Waals surface area contributed by atoms with Crippen molar-refractivity contribution in [3.05, 3.63) is 12.0 Å². The average molecular weight is 561 g/mol. The second-order valence-electron chi connectivity index (χ2n) is 6.77. The summed E-state index contributed by atoms with van der Waals surface area (Å²) < 4.78 is 53.1. The molecule has 1 aromatic rings. The first-order valence-electron chi connectivity index (χ1n) is 8.64. The molecule has 2 aliphatic rings. The van der Waals surface area contributed by atoms with Crippen molar-refractivity contribution >= 4 is 35.2 Å². The van der Waals surface area contributed by atoms with E-state index in [4.69, 9.17) is 20.3 Å². The molecular weight excluding hydrogens is 542 g/mol. The second-order valence-corrected chi connectivity index (χ2v) is 11.1. The Balaban J connectivity index is 0.00000408. The van der Waals surface area contributed by atoms with Gasteiger partial charge in [-0.25, -0.2) is 28.3 Å². The Hall–Kier alpha value is -0.270. The molecule has 0 bridgehead atoms.